The van der Waals surface area contributed by atoms with Crippen molar-refractivity contribution in [1.29, 1.82) is 0 Å². The third-order valence-electron chi connectivity index (χ3n) is 4.25. The molecule has 2 fully saturated rings. The molecule has 7 heteroatoms. The molecule has 1 unspecified atom stereocenters. The van der Waals surface area contributed by atoms with Gasteiger partial charge >= 0.3 is 0 Å². The number of rotatable bonds is 3. The van der Waals surface area contributed by atoms with Crippen LogP contribution in [0.2, 0.25) is 0 Å². The number of hydrogen-bond acceptors (Lipinski definition) is 4. The standard InChI is InChI=1S/C12H23N3O3S/c1-3-12(5-4-6-13-12)11(16)14-7-9-15(10-8-14)19(2,17)18/h13H,3-10H2,1-2H3. The minimum absolute atomic E-state index is 0.139. The second kappa shape index (κ2) is 5.38. The van der Waals surface area contributed by atoms with Crippen LogP contribution in [-0.4, -0.2) is 68.0 Å². The molecule has 1 atom stereocenters. The number of carbonyl (C=O) groups is 1. The minimum atomic E-state index is -3.14. The largest absolute Gasteiger partial charge is 0.338 e. The van der Waals surface area contributed by atoms with Gasteiger partial charge in [0.1, 0.15) is 0 Å². The van der Waals surface area contributed by atoms with Crippen molar-refractivity contribution in [3.05, 3.63) is 0 Å². The first-order valence-electron chi connectivity index (χ1n) is 6.88. The first-order valence-corrected chi connectivity index (χ1v) is 8.73. The molecular formula is C12H23N3O3S. The highest BCUT2D eigenvalue weighted by molar-refractivity contribution is 7.88. The summed E-state index contributed by atoms with van der Waals surface area (Å²) in [6.07, 6.45) is 3.92. The highest BCUT2D eigenvalue weighted by atomic mass is 32.2. The van der Waals surface area contributed by atoms with E-state index in [4.69, 9.17) is 0 Å². The van der Waals surface area contributed by atoms with E-state index in [0.29, 0.717) is 26.2 Å². The molecule has 0 aromatic heterocycles. The normalized spacial score (nSPS) is 29.7. The van der Waals surface area contributed by atoms with Crippen molar-refractivity contribution < 1.29 is 13.2 Å². The second-order valence-corrected chi connectivity index (χ2v) is 7.40. The summed E-state index contributed by atoms with van der Waals surface area (Å²) in [6.45, 7) is 4.73. The van der Waals surface area contributed by atoms with Crippen LogP contribution >= 0.6 is 0 Å². The van der Waals surface area contributed by atoms with Gasteiger partial charge in [0.05, 0.1) is 11.8 Å². The van der Waals surface area contributed by atoms with Crippen LogP contribution in [-0.2, 0) is 14.8 Å². The Labute approximate surface area is 115 Å². The SMILES string of the molecule is CCC1(C(=O)N2CCN(S(C)(=O)=O)CC2)CCCN1. The molecular weight excluding hydrogens is 266 g/mol. The maximum atomic E-state index is 12.6. The molecule has 2 saturated heterocycles. The molecule has 0 aromatic rings. The van der Waals surface area contributed by atoms with Gasteiger partial charge in [-0.1, -0.05) is 6.92 Å². The van der Waals surface area contributed by atoms with Gasteiger partial charge in [-0.25, -0.2) is 8.42 Å². The summed E-state index contributed by atoms with van der Waals surface area (Å²) in [6, 6.07) is 0. The second-order valence-electron chi connectivity index (χ2n) is 5.42. The van der Waals surface area contributed by atoms with Crippen molar-refractivity contribution >= 4 is 15.9 Å². The van der Waals surface area contributed by atoms with E-state index in [-0.39, 0.29) is 5.91 Å². The molecule has 110 valence electrons. The zero-order valence-electron chi connectivity index (χ0n) is 11.7. The fourth-order valence-electron chi connectivity index (χ4n) is 2.97. The highest BCUT2D eigenvalue weighted by Gasteiger charge is 2.42. The Kier molecular flexibility index (Phi) is 4.17. The lowest BCUT2D eigenvalue weighted by Gasteiger charge is -2.38. The Bertz CT molecular complexity index is 435. The highest BCUT2D eigenvalue weighted by Crippen LogP contribution is 2.26. The predicted molar refractivity (Wildman–Crippen MR) is 73.3 cm³/mol. The summed E-state index contributed by atoms with van der Waals surface area (Å²) in [7, 11) is -3.14. The molecule has 0 spiro atoms. The zero-order valence-corrected chi connectivity index (χ0v) is 12.5. The van der Waals surface area contributed by atoms with Gasteiger partial charge in [0.25, 0.3) is 0 Å². The van der Waals surface area contributed by atoms with Gasteiger partial charge < -0.3 is 10.2 Å². The van der Waals surface area contributed by atoms with Gasteiger partial charge in [0.2, 0.25) is 15.9 Å². The molecule has 2 aliphatic heterocycles. The van der Waals surface area contributed by atoms with Crippen LogP contribution in [0.1, 0.15) is 26.2 Å². The fourth-order valence-corrected chi connectivity index (χ4v) is 3.79. The molecule has 6 nitrogen and oxygen atoms in total. The molecule has 0 aliphatic carbocycles. The average Bonchev–Trinajstić information content (AvgIpc) is 2.87. The predicted octanol–water partition coefficient (Wildman–Crippen LogP) is -0.378. The first-order chi connectivity index (χ1) is 8.89. The molecule has 2 heterocycles. The Morgan fingerprint density at radius 1 is 1.26 bits per heavy atom. The summed E-state index contributed by atoms with van der Waals surface area (Å²) in [4.78, 5) is 14.4. The van der Waals surface area contributed by atoms with Crippen LogP contribution in [0.4, 0.5) is 0 Å². The number of nitrogens with zero attached hydrogens (tertiary/aromatic N) is 2. The third kappa shape index (κ3) is 2.93. The molecule has 1 N–H and O–H groups in total. The van der Waals surface area contributed by atoms with E-state index >= 15 is 0 Å². The number of nitrogens with one attached hydrogen (secondary N) is 1. The molecule has 1 amide bonds. The zero-order chi connectivity index (χ0) is 14.1. The van der Waals surface area contributed by atoms with Crippen LogP contribution in [0.25, 0.3) is 0 Å². The number of piperazine rings is 1. The van der Waals surface area contributed by atoms with Gasteiger partial charge in [-0.15, -0.1) is 0 Å². The van der Waals surface area contributed by atoms with Crippen LogP contribution in [0, 0.1) is 0 Å². The molecule has 2 rings (SSSR count). The summed E-state index contributed by atoms with van der Waals surface area (Å²) in [5.41, 5.74) is -0.409. The van der Waals surface area contributed by atoms with Gasteiger partial charge in [-0.05, 0) is 25.8 Å². The van der Waals surface area contributed by atoms with Gasteiger partial charge in [0, 0.05) is 26.2 Å². The molecule has 0 radical (unpaired) electrons. The van der Waals surface area contributed by atoms with Crippen molar-refractivity contribution in [3.8, 4) is 0 Å². The van der Waals surface area contributed by atoms with Crippen molar-refractivity contribution in [2.24, 2.45) is 0 Å². The third-order valence-corrected chi connectivity index (χ3v) is 5.55. The van der Waals surface area contributed by atoms with Crippen molar-refractivity contribution in [1.82, 2.24) is 14.5 Å². The minimum Gasteiger partial charge on any atom is -0.338 e. The van der Waals surface area contributed by atoms with E-state index in [1.54, 1.807) is 0 Å². The van der Waals surface area contributed by atoms with Crippen molar-refractivity contribution in [2.75, 3.05) is 39.0 Å². The lowest BCUT2D eigenvalue weighted by molar-refractivity contribution is -0.139. The number of sulfonamides is 1. The molecule has 19 heavy (non-hydrogen) atoms. The van der Waals surface area contributed by atoms with E-state index in [2.05, 4.69) is 5.32 Å². The summed E-state index contributed by atoms with van der Waals surface area (Å²) in [5, 5.41) is 3.34. The Morgan fingerprint density at radius 3 is 2.32 bits per heavy atom. The number of amides is 1. The van der Waals surface area contributed by atoms with Gasteiger partial charge in [-0.2, -0.15) is 4.31 Å². The Morgan fingerprint density at radius 2 is 1.89 bits per heavy atom. The van der Waals surface area contributed by atoms with E-state index in [0.717, 1.165) is 25.8 Å². The number of hydrogen-bond donors (Lipinski definition) is 1. The van der Waals surface area contributed by atoms with Gasteiger partial charge in [-0.3, -0.25) is 4.79 Å². The molecule has 0 aromatic carbocycles. The Balaban J connectivity index is 1.99. The molecule has 0 bridgehead atoms. The smallest absolute Gasteiger partial charge is 0.242 e. The van der Waals surface area contributed by atoms with E-state index in [1.807, 2.05) is 11.8 Å². The number of carbonyl (C=O) groups excluding carboxylic acids is 1. The van der Waals surface area contributed by atoms with Crippen LogP contribution < -0.4 is 5.32 Å². The maximum absolute atomic E-state index is 12.6. The van der Waals surface area contributed by atoms with Gasteiger partial charge in [0.15, 0.2) is 0 Å². The lowest BCUT2D eigenvalue weighted by Crippen LogP contribution is -2.59. The summed E-state index contributed by atoms with van der Waals surface area (Å²) in [5.74, 6) is 0.139. The maximum Gasteiger partial charge on any atom is 0.242 e. The van der Waals surface area contributed by atoms with Crippen molar-refractivity contribution in [3.63, 3.8) is 0 Å². The topological polar surface area (TPSA) is 69.7 Å². The molecule has 0 saturated carbocycles. The lowest BCUT2D eigenvalue weighted by atomic mass is 9.92. The molecule has 2 aliphatic rings. The van der Waals surface area contributed by atoms with Crippen LogP contribution in [0.15, 0.2) is 0 Å². The summed E-state index contributed by atoms with van der Waals surface area (Å²) < 4.78 is 24.3. The Hall–Kier alpha value is -0.660. The monoisotopic (exact) mass is 289 g/mol. The van der Waals surface area contributed by atoms with E-state index in [9.17, 15) is 13.2 Å². The van der Waals surface area contributed by atoms with Crippen molar-refractivity contribution in [2.45, 2.75) is 31.7 Å². The first kappa shape index (κ1) is 14.7. The summed E-state index contributed by atoms with van der Waals surface area (Å²) >= 11 is 0. The van der Waals surface area contributed by atoms with Crippen LogP contribution in [0.5, 0.6) is 0 Å². The average molecular weight is 289 g/mol. The quantitative estimate of drug-likeness (QED) is 0.769. The van der Waals surface area contributed by atoms with Crippen LogP contribution in [0.3, 0.4) is 0 Å². The van der Waals surface area contributed by atoms with E-state index < -0.39 is 15.6 Å². The fraction of sp³-hybridized carbons (Fsp3) is 0.917. The van der Waals surface area contributed by atoms with E-state index in [1.165, 1.54) is 10.6 Å².